The zero-order chi connectivity index (χ0) is 16.2. The molecule has 0 fully saturated rings. The Balaban J connectivity index is 1.41. The molecular weight excluding hydrogens is 300 g/mol. The first-order chi connectivity index (χ1) is 11.9. The molecule has 0 unspecified atom stereocenters. The van der Waals surface area contributed by atoms with Crippen molar-refractivity contribution in [2.75, 3.05) is 13.1 Å². The number of nitrogens with zero attached hydrogens (tertiary/aromatic N) is 4. The van der Waals surface area contributed by atoms with E-state index < -0.39 is 0 Å². The highest BCUT2D eigenvalue weighted by Crippen LogP contribution is 2.23. The lowest BCUT2D eigenvalue weighted by atomic mass is 10.00. The number of rotatable bonds is 4. The molecule has 1 aliphatic heterocycles. The van der Waals surface area contributed by atoms with Crippen molar-refractivity contribution in [2.24, 2.45) is 0 Å². The van der Waals surface area contributed by atoms with Crippen LogP contribution in [0.5, 0.6) is 0 Å². The second-order valence-electron chi connectivity index (χ2n) is 5.83. The predicted octanol–water partition coefficient (Wildman–Crippen LogP) is 3.42. The highest BCUT2D eigenvalue weighted by molar-refractivity contribution is 5.66. The van der Waals surface area contributed by atoms with Gasteiger partial charge in [-0.3, -0.25) is 9.88 Å². The third kappa shape index (κ3) is 3.26. The number of hydrogen-bond acceptors (Lipinski definition) is 5. The Morgan fingerprint density at radius 1 is 1.04 bits per heavy atom. The Labute approximate surface area is 140 Å². The smallest absolute Gasteiger partial charge is 0.241 e. The van der Waals surface area contributed by atoms with Crippen LogP contribution in [-0.2, 0) is 6.54 Å². The molecule has 0 spiro atoms. The van der Waals surface area contributed by atoms with Crippen LogP contribution in [0, 0.1) is 0 Å². The minimum atomic E-state index is 0.593. The minimum Gasteiger partial charge on any atom is -0.338 e. The summed E-state index contributed by atoms with van der Waals surface area (Å²) in [5, 5.41) is 4.05. The number of aromatic nitrogens is 3. The maximum absolute atomic E-state index is 5.38. The van der Waals surface area contributed by atoms with Crippen molar-refractivity contribution in [3.8, 4) is 11.4 Å². The Bertz CT molecular complexity index is 827. The van der Waals surface area contributed by atoms with Gasteiger partial charge in [0.25, 0.3) is 0 Å². The maximum Gasteiger partial charge on any atom is 0.241 e. The van der Waals surface area contributed by atoms with E-state index in [1.807, 2.05) is 12.1 Å². The molecule has 0 amide bonds. The summed E-state index contributed by atoms with van der Waals surface area (Å²) in [6.07, 6.45) is 6.80. The van der Waals surface area contributed by atoms with Crippen LogP contribution in [-0.4, -0.2) is 33.1 Å². The molecule has 120 valence electrons. The van der Waals surface area contributed by atoms with Crippen LogP contribution >= 0.6 is 0 Å². The van der Waals surface area contributed by atoms with E-state index in [1.165, 1.54) is 11.1 Å². The average molecular weight is 318 g/mol. The fourth-order valence-corrected chi connectivity index (χ4v) is 2.89. The first-order valence-electron chi connectivity index (χ1n) is 8.08. The number of hydrogen-bond donors (Lipinski definition) is 0. The number of benzene rings is 1. The van der Waals surface area contributed by atoms with E-state index in [2.05, 4.69) is 56.4 Å². The molecule has 0 atom stereocenters. The predicted molar refractivity (Wildman–Crippen MR) is 91.8 cm³/mol. The van der Waals surface area contributed by atoms with Crippen LogP contribution in [0.2, 0.25) is 0 Å². The quantitative estimate of drug-likeness (QED) is 0.738. The van der Waals surface area contributed by atoms with Crippen LogP contribution in [0.25, 0.3) is 17.0 Å². The van der Waals surface area contributed by atoms with Crippen LogP contribution < -0.4 is 0 Å². The molecule has 1 aliphatic rings. The molecule has 5 nitrogen and oxygen atoms in total. The summed E-state index contributed by atoms with van der Waals surface area (Å²) < 4.78 is 5.38. The number of pyridine rings is 1. The van der Waals surface area contributed by atoms with Gasteiger partial charge in [-0.25, -0.2) is 0 Å². The first kappa shape index (κ1) is 14.8. The Morgan fingerprint density at radius 3 is 2.67 bits per heavy atom. The SMILES string of the molecule is C1=C(c2ccccc2)CCN(Cc2nc(-c3cccnc3)no2)C1. The lowest BCUT2D eigenvalue weighted by Gasteiger charge is -2.24. The van der Waals surface area contributed by atoms with Crippen molar-refractivity contribution in [3.05, 3.63) is 72.4 Å². The van der Waals surface area contributed by atoms with Crippen molar-refractivity contribution < 1.29 is 4.52 Å². The van der Waals surface area contributed by atoms with Crippen LogP contribution in [0.4, 0.5) is 0 Å². The average Bonchev–Trinajstić information content (AvgIpc) is 3.12. The van der Waals surface area contributed by atoms with Gasteiger partial charge in [0.05, 0.1) is 6.54 Å². The first-order valence-corrected chi connectivity index (χ1v) is 8.08. The van der Waals surface area contributed by atoms with Gasteiger partial charge >= 0.3 is 0 Å². The van der Waals surface area contributed by atoms with Gasteiger partial charge in [-0.05, 0) is 29.7 Å². The highest BCUT2D eigenvalue weighted by atomic mass is 16.5. The molecule has 0 aliphatic carbocycles. The van der Waals surface area contributed by atoms with E-state index in [0.717, 1.165) is 25.1 Å². The van der Waals surface area contributed by atoms with Crippen molar-refractivity contribution in [2.45, 2.75) is 13.0 Å². The van der Waals surface area contributed by atoms with E-state index in [9.17, 15) is 0 Å². The largest absolute Gasteiger partial charge is 0.338 e. The molecule has 5 heteroatoms. The van der Waals surface area contributed by atoms with E-state index in [-0.39, 0.29) is 0 Å². The summed E-state index contributed by atoms with van der Waals surface area (Å²) in [6.45, 7) is 2.56. The Hall–Kier alpha value is -2.79. The summed E-state index contributed by atoms with van der Waals surface area (Å²) in [7, 11) is 0. The van der Waals surface area contributed by atoms with E-state index in [0.29, 0.717) is 18.3 Å². The monoisotopic (exact) mass is 318 g/mol. The Kier molecular flexibility index (Phi) is 4.16. The standard InChI is InChI=1S/C19H18N4O/c1-2-5-15(6-3-1)16-8-11-23(12-9-16)14-18-21-19(22-24-18)17-7-4-10-20-13-17/h1-8,10,13H,9,11-12,14H2. The fraction of sp³-hybridized carbons (Fsp3) is 0.211. The zero-order valence-electron chi connectivity index (χ0n) is 13.3. The van der Waals surface area contributed by atoms with Gasteiger partial charge in [0.1, 0.15) is 0 Å². The van der Waals surface area contributed by atoms with Crippen LogP contribution in [0.3, 0.4) is 0 Å². The van der Waals surface area contributed by atoms with Gasteiger partial charge in [0, 0.05) is 31.0 Å². The summed E-state index contributed by atoms with van der Waals surface area (Å²) >= 11 is 0. The van der Waals surface area contributed by atoms with Crippen molar-refractivity contribution in [1.29, 1.82) is 0 Å². The lowest BCUT2D eigenvalue weighted by Crippen LogP contribution is -2.28. The molecule has 3 heterocycles. The second-order valence-corrected chi connectivity index (χ2v) is 5.83. The molecule has 0 N–H and O–H groups in total. The van der Waals surface area contributed by atoms with Gasteiger partial charge in [0.2, 0.25) is 11.7 Å². The third-order valence-corrected chi connectivity index (χ3v) is 4.18. The van der Waals surface area contributed by atoms with Crippen molar-refractivity contribution >= 4 is 5.57 Å². The molecule has 0 saturated heterocycles. The molecule has 4 rings (SSSR count). The van der Waals surface area contributed by atoms with Gasteiger partial charge in [-0.2, -0.15) is 4.98 Å². The molecule has 0 bridgehead atoms. The molecule has 3 aromatic rings. The van der Waals surface area contributed by atoms with Crippen molar-refractivity contribution in [1.82, 2.24) is 20.0 Å². The van der Waals surface area contributed by atoms with E-state index >= 15 is 0 Å². The van der Waals surface area contributed by atoms with Crippen molar-refractivity contribution in [3.63, 3.8) is 0 Å². The van der Waals surface area contributed by atoms with Gasteiger partial charge < -0.3 is 4.52 Å². The minimum absolute atomic E-state index is 0.593. The maximum atomic E-state index is 5.38. The summed E-state index contributed by atoms with van der Waals surface area (Å²) in [6, 6.07) is 14.3. The van der Waals surface area contributed by atoms with E-state index in [4.69, 9.17) is 4.52 Å². The molecule has 0 saturated carbocycles. The highest BCUT2D eigenvalue weighted by Gasteiger charge is 2.16. The third-order valence-electron chi connectivity index (χ3n) is 4.18. The summed E-state index contributed by atoms with van der Waals surface area (Å²) in [4.78, 5) is 10.9. The lowest BCUT2D eigenvalue weighted by molar-refractivity contribution is 0.245. The molecule has 2 aromatic heterocycles. The summed E-state index contributed by atoms with van der Waals surface area (Å²) in [5.74, 6) is 1.24. The second kappa shape index (κ2) is 6.76. The van der Waals surface area contributed by atoms with Gasteiger partial charge in [0.15, 0.2) is 0 Å². The van der Waals surface area contributed by atoms with E-state index in [1.54, 1.807) is 12.4 Å². The molecule has 24 heavy (non-hydrogen) atoms. The zero-order valence-corrected chi connectivity index (χ0v) is 13.3. The molecular formula is C19H18N4O. The Morgan fingerprint density at radius 2 is 1.92 bits per heavy atom. The normalized spacial score (nSPS) is 15.2. The van der Waals surface area contributed by atoms with Crippen LogP contribution in [0.15, 0.2) is 65.5 Å². The molecule has 0 radical (unpaired) electrons. The van der Waals surface area contributed by atoms with Crippen LogP contribution in [0.1, 0.15) is 17.9 Å². The summed E-state index contributed by atoms with van der Waals surface area (Å²) in [5.41, 5.74) is 3.60. The van der Waals surface area contributed by atoms with Gasteiger partial charge in [-0.15, -0.1) is 0 Å². The topological polar surface area (TPSA) is 55.1 Å². The molecule has 1 aromatic carbocycles. The fourth-order valence-electron chi connectivity index (χ4n) is 2.89. The van der Waals surface area contributed by atoms with Gasteiger partial charge in [-0.1, -0.05) is 41.6 Å².